The molecule has 0 unspecified atom stereocenters. The zero-order chi connectivity index (χ0) is 18.2. The summed E-state index contributed by atoms with van der Waals surface area (Å²) in [6.45, 7) is 22.2. The van der Waals surface area contributed by atoms with E-state index in [0.29, 0.717) is 46.0 Å². The maximum absolute atomic E-state index is 11.9. The normalized spacial score (nSPS) is 9.83. The third kappa shape index (κ3) is 9.82. The number of carbonyl (C=O) groups excluding carboxylic acids is 1. The Kier molecular flexibility index (Phi) is 13.2. The second-order valence-corrected chi connectivity index (χ2v) is 5.03. The maximum atomic E-state index is 11.9. The Balaban J connectivity index is 3.92. The SMILES string of the molecule is C=CCN(CC=C)C(=C)COCCOCC(=O)N(CC=C)CC=C. The van der Waals surface area contributed by atoms with E-state index in [1.54, 1.807) is 17.1 Å². The van der Waals surface area contributed by atoms with Gasteiger partial charge in [0.2, 0.25) is 5.91 Å². The highest BCUT2D eigenvalue weighted by Crippen LogP contribution is 2.02. The van der Waals surface area contributed by atoms with Gasteiger partial charge in [-0.3, -0.25) is 4.79 Å². The molecule has 0 bridgehead atoms. The lowest BCUT2D eigenvalue weighted by Crippen LogP contribution is -2.34. The topological polar surface area (TPSA) is 42.0 Å². The lowest BCUT2D eigenvalue weighted by atomic mass is 10.4. The lowest BCUT2D eigenvalue weighted by Gasteiger charge is -2.23. The molecule has 0 atom stereocenters. The summed E-state index contributed by atoms with van der Waals surface area (Å²) < 4.78 is 10.9. The first-order valence-electron chi connectivity index (χ1n) is 7.90. The molecule has 0 aromatic rings. The van der Waals surface area contributed by atoms with Gasteiger partial charge in [0.15, 0.2) is 0 Å². The average Bonchev–Trinajstić information content (AvgIpc) is 2.57. The summed E-state index contributed by atoms with van der Waals surface area (Å²) in [7, 11) is 0. The van der Waals surface area contributed by atoms with Crippen molar-refractivity contribution < 1.29 is 14.3 Å². The minimum Gasteiger partial charge on any atom is -0.373 e. The van der Waals surface area contributed by atoms with Crippen molar-refractivity contribution in [2.45, 2.75) is 0 Å². The molecular formula is C19H30N2O3. The van der Waals surface area contributed by atoms with Crippen LogP contribution in [0.5, 0.6) is 0 Å². The molecular weight excluding hydrogens is 304 g/mol. The standard InChI is InChI=1S/C19H30N2O3/c1-6-10-20(11-7-2)18(5)16-23-14-15-24-17-19(22)21(12-8-3)13-9-4/h6-9H,1-5,10-17H2. The Morgan fingerprint density at radius 3 is 1.62 bits per heavy atom. The highest BCUT2D eigenvalue weighted by molar-refractivity contribution is 5.77. The molecule has 134 valence electrons. The van der Waals surface area contributed by atoms with Gasteiger partial charge >= 0.3 is 0 Å². The number of rotatable bonds is 16. The van der Waals surface area contributed by atoms with Gasteiger partial charge in [0.1, 0.15) is 6.61 Å². The summed E-state index contributed by atoms with van der Waals surface area (Å²) >= 11 is 0. The molecule has 5 nitrogen and oxygen atoms in total. The molecule has 0 aliphatic heterocycles. The minimum atomic E-state index is -0.0950. The van der Waals surface area contributed by atoms with Gasteiger partial charge in [-0.15, -0.1) is 26.3 Å². The molecule has 0 rings (SSSR count). The van der Waals surface area contributed by atoms with E-state index in [-0.39, 0.29) is 12.5 Å². The Labute approximate surface area is 146 Å². The Morgan fingerprint density at radius 1 is 0.750 bits per heavy atom. The molecule has 24 heavy (non-hydrogen) atoms. The Bertz CT molecular complexity index is 372. The summed E-state index contributed by atoms with van der Waals surface area (Å²) in [6.07, 6.45) is 6.96. The fraction of sp³-hybridized carbons (Fsp3) is 0.421. The third-order valence-electron chi connectivity index (χ3n) is 3.06. The van der Waals surface area contributed by atoms with Crippen LogP contribution in [0.15, 0.2) is 62.9 Å². The predicted octanol–water partition coefficient (Wildman–Crippen LogP) is 2.41. The van der Waals surface area contributed by atoms with E-state index >= 15 is 0 Å². The van der Waals surface area contributed by atoms with Crippen molar-refractivity contribution in [1.82, 2.24) is 9.80 Å². The first-order chi connectivity index (χ1) is 11.6. The van der Waals surface area contributed by atoms with Crippen LogP contribution < -0.4 is 0 Å². The van der Waals surface area contributed by atoms with E-state index < -0.39 is 0 Å². The van der Waals surface area contributed by atoms with Crippen molar-refractivity contribution in [3.8, 4) is 0 Å². The Morgan fingerprint density at radius 2 is 1.17 bits per heavy atom. The molecule has 0 aromatic carbocycles. The van der Waals surface area contributed by atoms with Crippen LogP contribution in [0.3, 0.4) is 0 Å². The minimum absolute atomic E-state index is 0.0189. The van der Waals surface area contributed by atoms with E-state index in [4.69, 9.17) is 9.47 Å². The Hall–Kier alpha value is -2.11. The largest absolute Gasteiger partial charge is 0.373 e. The van der Waals surface area contributed by atoms with Gasteiger partial charge in [0.25, 0.3) is 0 Å². The van der Waals surface area contributed by atoms with Gasteiger partial charge in [-0.05, 0) is 0 Å². The smallest absolute Gasteiger partial charge is 0.249 e. The molecule has 0 saturated carbocycles. The van der Waals surface area contributed by atoms with E-state index in [1.807, 2.05) is 17.1 Å². The zero-order valence-corrected chi connectivity index (χ0v) is 14.6. The highest BCUT2D eigenvalue weighted by atomic mass is 16.5. The lowest BCUT2D eigenvalue weighted by molar-refractivity contribution is -0.135. The van der Waals surface area contributed by atoms with Crippen LogP contribution in [-0.4, -0.2) is 68.3 Å². The molecule has 0 aromatic heterocycles. The van der Waals surface area contributed by atoms with Crippen molar-refractivity contribution >= 4 is 5.91 Å². The summed E-state index contributed by atoms with van der Waals surface area (Å²) in [6, 6.07) is 0. The molecule has 0 fully saturated rings. The number of ether oxygens (including phenoxy) is 2. The van der Waals surface area contributed by atoms with Crippen LogP contribution in [0.25, 0.3) is 0 Å². The molecule has 0 spiro atoms. The van der Waals surface area contributed by atoms with Crippen LogP contribution in [0.1, 0.15) is 0 Å². The van der Waals surface area contributed by atoms with Gasteiger partial charge in [-0.25, -0.2) is 0 Å². The third-order valence-corrected chi connectivity index (χ3v) is 3.06. The molecule has 0 saturated heterocycles. The molecule has 0 aliphatic rings. The first kappa shape index (κ1) is 21.9. The number of carbonyl (C=O) groups is 1. The zero-order valence-electron chi connectivity index (χ0n) is 14.6. The molecule has 0 aliphatic carbocycles. The number of hydrogen-bond acceptors (Lipinski definition) is 4. The van der Waals surface area contributed by atoms with Crippen LogP contribution in [-0.2, 0) is 14.3 Å². The fourth-order valence-corrected chi connectivity index (χ4v) is 1.88. The van der Waals surface area contributed by atoms with Crippen molar-refractivity contribution in [3.05, 3.63) is 62.9 Å². The quantitative estimate of drug-likeness (QED) is 0.321. The fourth-order valence-electron chi connectivity index (χ4n) is 1.88. The van der Waals surface area contributed by atoms with Gasteiger partial charge in [-0.1, -0.05) is 30.9 Å². The monoisotopic (exact) mass is 334 g/mol. The van der Waals surface area contributed by atoms with E-state index in [0.717, 1.165) is 5.70 Å². The van der Waals surface area contributed by atoms with Crippen LogP contribution >= 0.6 is 0 Å². The number of amides is 1. The summed E-state index contributed by atoms with van der Waals surface area (Å²) in [5, 5.41) is 0. The van der Waals surface area contributed by atoms with Crippen molar-refractivity contribution in [1.29, 1.82) is 0 Å². The van der Waals surface area contributed by atoms with E-state index in [9.17, 15) is 4.79 Å². The summed E-state index contributed by atoms with van der Waals surface area (Å²) in [5.41, 5.74) is 0.856. The summed E-state index contributed by atoms with van der Waals surface area (Å²) in [5.74, 6) is -0.0950. The van der Waals surface area contributed by atoms with Gasteiger partial charge in [0.05, 0.1) is 19.8 Å². The molecule has 0 radical (unpaired) electrons. The number of nitrogens with zero attached hydrogens (tertiary/aromatic N) is 2. The van der Waals surface area contributed by atoms with E-state index in [1.165, 1.54) is 0 Å². The molecule has 0 N–H and O–H groups in total. The van der Waals surface area contributed by atoms with Crippen molar-refractivity contribution in [2.75, 3.05) is 52.6 Å². The second kappa shape index (κ2) is 14.5. The maximum Gasteiger partial charge on any atom is 0.249 e. The van der Waals surface area contributed by atoms with E-state index in [2.05, 4.69) is 32.9 Å². The first-order valence-corrected chi connectivity index (χ1v) is 7.90. The van der Waals surface area contributed by atoms with Crippen molar-refractivity contribution in [3.63, 3.8) is 0 Å². The average molecular weight is 334 g/mol. The van der Waals surface area contributed by atoms with Crippen LogP contribution in [0.2, 0.25) is 0 Å². The number of hydrogen-bond donors (Lipinski definition) is 0. The van der Waals surface area contributed by atoms with Gasteiger partial charge in [0, 0.05) is 31.9 Å². The van der Waals surface area contributed by atoms with Crippen LogP contribution in [0.4, 0.5) is 0 Å². The second-order valence-electron chi connectivity index (χ2n) is 5.03. The van der Waals surface area contributed by atoms with Gasteiger partial charge in [-0.2, -0.15) is 0 Å². The summed E-state index contributed by atoms with van der Waals surface area (Å²) in [4.78, 5) is 15.6. The van der Waals surface area contributed by atoms with Crippen molar-refractivity contribution in [2.24, 2.45) is 0 Å². The molecule has 5 heteroatoms. The molecule has 0 heterocycles. The van der Waals surface area contributed by atoms with Crippen LogP contribution in [0, 0.1) is 0 Å². The molecule has 1 amide bonds. The van der Waals surface area contributed by atoms with Gasteiger partial charge < -0.3 is 19.3 Å². The highest BCUT2D eigenvalue weighted by Gasteiger charge is 2.10. The predicted molar refractivity (Wildman–Crippen MR) is 99.7 cm³/mol.